The van der Waals surface area contributed by atoms with E-state index >= 15 is 0 Å². The van der Waals surface area contributed by atoms with Gasteiger partial charge in [-0.3, -0.25) is 0 Å². The van der Waals surface area contributed by atoms with Gasteiger partial charge in [-0.25, -0.2) is 17.5 Å². The van der Waals surface area contributed by atoms with Crippen LogP contribution in [0.4, 0.5) is 4.39 Å². The van der Waals surface area contributed by atoms with Gasteiger partial charge in [0.05, 0.1) is 17.7 Å². The van der Waals surface area contributed by atoms with Gasteiger partial charge in [-0.15, -0.1) is 0 Å². The summed E-state index contributed by atoms with van der Waals surface area (Å²) in [7, 11) is -3.78. The van der Waals surface area contributed by atoms with E-state index in [1.165, 1.54) is 19.1 Å². The first-order valence-corrected chi connectivity index (χ1v) is 6.52. The molecule has 0 saturated carbocycles. The fourth-order valence-corrected chi connectivity index (χ4v) is 1.88. The molecule has 0 aliphatic heterocycles. The first-order valence-electron chi connectivity index (χ1n) is 4.97. The summed E-state index contributed by atoms with van der Waals surface area (Å²) in [6, 6.07) is 7.10. The quantitative estimate of drug-likeness (QED) is 0.881. The summed E-state index contributed by atoms with van der Waals surface area (Å²) in [5, 5.41) is 15.9. The molecule has 0 radical (unpaired) electrons. The third-order valence-corrected chi connectivity index (χ3v) is 3.88. The molecule has 1 N–H and O–H groups in total. The van der Waals surface area contributed by atoms with Gasteiger partial charge in [-0.2, -0.15) is 10.5 Å². The number of sulfonamides is 1. The molecule has 0 aliphatic rings. The molecule has 0 aliphatic carbocycles. The maximum absolute atomic E-state index is 13.4. The smallest absolute Gasteiger partial charge is 0.211 e. The average molecular weight is 267 g/mol. The highest BCUT2D eigenvalue weighted by atomic mass is 32.2. The Morgan fingerprint density at radius 2 is 2.11 bits per heavy atom. The lowest BCUT2D eigenvalue weighted by Crippen LogP contribution is -2.31. The molecule has 0 bridgehead atoms. The Kier molecular flexibility index (Phi) is 4.38. The van der Waals surface area contributed by atoms with Gasteiger partial charge in [0, 0.05) is 12.1 Å². The minimum absolute atomic E-state index is 0.114. The van der Waals surface area contributed by atoms with Crippen molar-refractivity contribution in [2.24, 2.45) is 0 Å². The molecular formula is C11H10FN3O2S. The van der Waals surface area contributed by atoms with Crippen LogP contribution in [0.15, 0.2) is 18.2 Å². The first-order chi connectivity index (χ1) is 8.40. The molecule has 5 nitrogen and oxygen atoms in total. The lowest BCUT2D eigenvalue weighted by molar-refractivity contribution is 0.570. The summed E-state index contributed by atoms with van der Waals surface area (Å²) >= 11 is 0. The first kappa shape index (κ1) is 14.1. The van der Waals surface area contributed by atoms with E-state index in [0.717, 1.165) is 6.07 Å². The number of rotatable bonds is 4. The van der Waals surface area contributed by atoms with E-state index in [0.29, 0.717) is 0 Å². The number of halogens is 1. The van der Waals surface area contributed by atoms with Crippen LogP contribution < -0.4 is 4.72 Å². The van der Waals surface area contributed by atoms with Gasteiger partial charge in [0.15, 0.2) is 5.25 Å². The predicted molar refractivity (Wildman–Crippen MR) is 61.9 cm³/mol. The monoisotopic (exact) mass is 267 g/mol. The fraction of sp³-hybridized carbons (Fsp3) is 0.273. The zero-order chi connectivity index (χ0) is 13.8. The minimum atomic E-state index is -3.78. The van der Waals surface area contributed by atoms with Crippen LogP contribution in [0.5, 0.6) is 0 Å². The molecule has 0 fully saturated rings. The van der Waals surface area contributed by atoms with E-state index in [1.807, 2.05) is 0 Å². The second-order valence-electron chi connectivity index (χ2n) is 3.56. The van der Waals surface area contributed by atoms with Crippen LogP contribution in [0.1, 0.15) is 18.1 Å². The molecule has 0 saturated heterocycles. The minimum Gasteiger partial charge on any atom is -0.211 e. The normalized spacial score (nSPS) is 12.4. The molecule has 18 heavy (non-hydrogen) atoms. The van der Waals surface area contributed by atoms with E-state index in [4.69, 9.17) is 10.5 Å². The maximum Gasteiger partial charge on any atom is 0.227 e. The number of benzene rings is 1. The molecule has 94 valence electrons. The Hall–Kier alpha value is -1.96. The summed E-state index contributed by atoms with van der Waals surface area (Å²) in [4.78, 5) is 0. The van der Waals surface area contributed by atoms with Crippen molar-refractivity contribution in [3.05, 3.63) is 35.1 Å². The lowest BCUT2D eigenvalue weighted by Gasteiger charge is -2.08. The second-order valence-corrected chi connectivity index (χ2v) is 5.64. The number of nitrogens with one attached hydrogen (secondary N) is 1. The van der Waals surface area contributed by atoms with Gasteiger partial charge >= 0.3 is 0 Å². The Morgan fingerprint density at radius 3 is 2.61 bits per heavy atom. The van der Waals surface area contributed by atoms with Crippen LogP contribution >= 0.6 is 0 Å². The molecule has 0 heterocycles. The van der Waals surface area contributed by atoms with Gasteiger partial charge in [0.2, 0.25) is 10.0 Å². The van der Waals surface area contributed by atoms with E-state index in [1.54, 1.807) is 12.1 Å². The maximum atomic E-state index is 13.4. The van der Waals surface area contributed by atoms with Gasteiger partial charge in [-0.1, -0.05) is 6.07 Å². The van der Waals surface area contributed by atoms with Gasteiger partial charge < -0.3 is 0 Å². The highest BCUT2D eigenvalue weighted by molar-refractivity contribution is 7.90. The average Bonchev–Trinajstić information content (AvgIpc) is 2.36. The van der Waals surface area contributed by atoms with Crippen molar-refractivity contribution >= 4 is 10.0 Å². The number of nitrogens with zero attached hydrogens (tertiary/aromatic N) is 2. The van der Waals surface area contributed by atoms with Crippen molar-refractivity contribution in [2.45, 2.75) is 18.7 Å². The predicted octanol–water partition coefficient (Wildman–Crippen LogP) is 1.03. The Bertz CT molecular complexity index is 629. The van der Waals surface area contributed by atoms with Crippen LogP contribution in [-0.4, -0.2) is 13.7 Å². The molecule has 0 amide bonds. The molecule has 1 unspecified atom stereocenters. The zero-order valence-corrected chi connectivity index (χ0v) is 10.3. The molecule has 1 aromatic carbocycles. The van der Waals surface area contributed by atoms with Crippen LogP contribution in [0.2, 0.25) is 0 Å². The number of hydrogen-bond acceptors (Lipinski definition) is 4. The SMILES string of the molecule is CC(C#N)S(=O)(=O)NCc1ccc(C#N)cc1F. The topological polar surface area (TPSA) is 93.8 Å². The Labute approximate surface area is 105 Å². The molecule has 1 atom stereocenters. The highest BCUT2D eigenvalue weighted by Crippen LogP contribution is 2.10. The van der Waals surface area contributed by atoms with Crippen LogP contribution in [0, 0.1) is 28.5 Å². The molecule has 1 rings (SSSR count). The lowest BCUT2D eigenvalue weighted by atomic mass is 10.1. The zero-order valence-electron chi connectivity index (χ0n) is 9.51. The summed E-state index contributed by atoms with van der Waals surface area (Å²) in [5.74, 6) is -0.665. The van der Waals surface area contributed by atoms with Crippen molar-refractivity contribution in [3.63, 3.8) is 0 Å². The number of hydrogen-bond donors (Lipinski definition) is 1. The fourth-order valence-electron chi connectivity index (χ4n) is 1.13. The Morgan fingerprint density at radius 1 is 1.44 bits per heavy atom. The summed E-state index contributed by atoms with van der Waals surface area (Å²) in [5.41, 5.74) is 0.271. The van der Waals surface area contributed by atoms with Gasteiger partial charge in [-0.05, 0) is 19.1 Å². The van der Waals surface area contributed by atoms with Crippen molar-refractivity contribution in [1.82, 2.24) is 4.72 Å². The van der Waals surface area contributed by atoms with Crippen molar-refractivity contribution in [1.29, 1.82) is 10.5 Å². The van der Waals surface area contributed by atoms with Crippen LogP contribution in [0.25, 0.3) is 0 Å². The van der Waals surface area contributed by atoms with Crippen molar-refractivity contribution < 1.29 is 12.8 Å². The second kappa shape index (κ2) is 5.58. The van der Waals surface area contributed by atoms with Gasteiger partial charge in [0.1, 0.15) is 5.82 Å². The molecule has 7 heteroatoms. The van der Waals surface area contributed by atoms with Gasteiger partial charge in [0.25, 0.3) is 0 Å². The van der Waals surface area contributed by atoms with E-state index < -0.39 is 21.1 Å². The highest BCUT2D eigenvalue weighted by Gasteiger charge is 2.19. The van der Waals surface area contributed by atoms with E-state index in [2.05, 4.69) is 4.72 Å². The summed E-state index contributed by atoms with van der Waals surface area (Å²) < 4.78 is 38.5. The molecule has 0 spiro atoms. The van der Waals surface area contributed by atoms with E-state index in [-0.39, 0.29) is 17.7 Å². The van der Waals surface area contributed by atoms with Crippen molar-refractivity contribution in [3.8, 4) is 12.1 Å². The molecular weight excluding hydrogens is 257 g/mol. The Balaban J connectivity index is 2.83. The van der Waals surface area contributed by atoms with Crippen LogP contribution in [-0.2, 0) is 16.6 Å². The van der Waals surface area contributed by atoms with Crippen LogP contribution in [0.3, 0.4) is 0 Å². The summed E-state index contributed by atoms with van der Waals surface area (Å²) in [6.07, 6.45) is 0. The molecule has 0 aromatic heterocycles. The largest absolute Gasteiger partial charge is 0.227 e. The molecule has 1 aromatic rings. The summed E-state index contributed by atoms with van der Waals surface area (Å²) in [6.45, 7) is 0.976. The van der Waals surface area contributed by atoms with E-state index in [9.17, 15) is 12.8 Å². The number of nitriles is 2. The van der Waals surface area contributed by atoms with Crippen molar-refractivity contribution in [2.75, 3.05) is 0 Å². The third kappa shape index (κ3) is 3.27. The third-order valence-electron chi connectivity index (χ3n) is 2.29. The standard InChI is InChI=1S/C11H10FN3O2S/c1-8(5-13)18(16,17)15-7-10-3-2-9(6-14)4-11(10)12/h2-4,8,15H,7H2,1H3.